The van der Waals surface area contributed by atoms with E-state index in [0.29, 0.717) is 17.3 Å². The van der Waals surface area contributed by atoms with Gasteiger partial charge in [0.25, 0.3) is 5.91 Å². The molecule has 2 fully saturated rings. The predicted octanol–water partition coefficient (Wildman–Crippen LogP) is 7.05. The third-order valence-electron chi connectivity index (χ3n) is 8.11. The first-order valence-corrected chi connectivity index (χ1v) is 13.5. The molecular weight excluding hydrogens is 526 g/mol. The minimum absolute atomic E-state index is 0.0543. The number of halogens is 3. The van der Waals surface area contributed by atoms with Gasteiger partial charge in [-0.3, -0.25) is 9.69 Å². The van der Waals surface area contributed by atoms with Crippen LogP contribution in [-0.4, -0.2) is 40.0 Å². The Morgan fingerprint density at radius 2 is 1.87 bits per heavy atom. The van der Waals surface area contributed by atoms with Crippen molar-refractivity contribution in [1.29, 1.82) is 0 Å². The van der Waals surface area contributed by atoms with Crippen molar-refractivity contribution in [2.75, 3.05) is 12.0 Å². The normalized spacial score (nSPS) is 23.7. The number of anilines is 1. The molecule has 10 heteroatoms. The number of fused-ring (bicyclic) bond motifs is 1. The van der Waals surface area contributed by atoms with Crippen molar-refractivity contribution in [1.82, 2.24) is 14.7 Å². The van der Waals surface area contributed by atoms with Crippen molar-refractivity contribution >= 4 is 34.2 Å². The van der Waals surface area contributed by atoms with Gasteiger partial charge in [0, 0.05) is 30.8 Å². The summed E-state index contributed by atoms with van der Waals surface area (Å²) in [7, 11) is 1.73. The van der Waals surface area contributed by atoms with Gasteiger partial charge < -0.3 is 13.8 Å². The highest BCUT2D eigenvalue weighted by Gasteiger charge is 2.44. The van der Waals surface area contributed by atoms with Gasteiger partial charge in [-0.05, 0) is 75.4 Å². The van der Waals surface area contributed by atoms with Gasteiger partial charge in [0.05, 0.1) is 33.9 Å². The lowest BCUT2D eigenvalue weighted by Gasteiger charge is -2.32. The number of hydrogen-bond donors (Lipinski definition) is 0. The van der Waals surface area contributed by atoms with E-state index >= 15 is 4.39 Å². The Kier molecular flexibility index (Phi) is 6.67. The number of hydrogen-bond acceptors (Lipinski definition) is 5. The molecule has 6 rings (SSSR count). The van der Waals surface area contributed by atoms with Gasteiger partial charge in [-0.1, -0.05) is 22.8 Å². The Morgan fingerprint density at radius 3 is 2.54 bits per heavy atom. The molecule has 1 saturated heterocycles. The van der Waals surface area contributed by atoms with Crippen LogP contribution in [-0.2, 0) is 9.53 Å². The lowest BCUT2D eigenvalue weighted by Crippen LogP contribution is -2.32. The van der Waals surface area contributed by atoms with Crippen LogP contribution < -0.4 is 4.90 Å². The second-order valence-electron chi connectivity index (χ2n) is 10.4. The fourth-order valence-corrected chi connectivity index (χ4v) is 6.37. The predicted molar refractivity (Wildman–Crippen MR) is 144 cm³/mol. The molecule has 2 atom stereocenters. The van der Waals surface area contributed by atoms with Crippen LogP contribution >= 0.6 is 11.6 Å². The number of aryl methyl sites for hydroxylation is 2. The van der Waals surface area contributed by atoms with Crippen LogP contribution in [0, 0.1) is 19.7 Å². The number of carbonyl (C=O) groups is 1. The number of alkyl halides is 1. The summed E-state index contributed by atoms with van der Waals surface area (Å²) >= 11 is 6.05. The number of amides is 1. The maximum Gasteiger partial charge on any atom is 0.262 e. The van der Waals surface area contributed by atoms with Crippen LogP contribution in [0.1, 0.15) is 61.5 Å². The van der Waals surface area contributed by atoms with Crippen molar-refractivity contribution in [2.24, 2.45) is 0 Å². The number of methoxy groups -OCH3 is 1. The summed E-state index contributed by atoms with van der Waals surface area (Å²) in [6.45, 7) is 3.76. The number of rotatable bonds is 5. The standard InChI is InChI=1S/C29H29ClF2N4O3/c1-15-27(16(2)39-34-15)17-4-11-25-24(12-17)33-28(35(25)18-5-8-20(38-3)9-6-18)26-14-23(32)29(37)36(26)19-7-10-22(31)21(30)13-19/h4,7,10-13,18,20,23,26H,5-6,8-9,14H2,1-3H3/t18?,20?,23-,26-/m0/s1. The lowest BCUT2D eigenvalue weighted by molar-refractivity contribution is -0.121. The summed E-state index contributed by atoms with van der Waals surface area (Å²) in [6.07, 6.45) is 1.96. The molecule has 1 aliphatic heterocycles. The first kappa shape index (κ1) is 26.0. The van der Waals surface area contributed by atoms with Crippen LogP contribution in [0.2, 0.25) is 5.02 Å². The zero-order chi connectivity index (χ0) is 27.4. The van der Waals surface area contributed by atoms with Gasteiger partial charge in [-0.25, -0.2) is 13.8 Å². The summed E-state index contributed by atoms with van der Waals surface area (Å²) < 4.78 is 42.2. The van der Waals surface area contributed by atoms with E-state index in [1.807, 2.05) is 32.0 Å². The van der Waals surface area contributed by atoms with Crippen LogP contribution in [0.4, 0.5) is 14.5 Å². The highest BCUT2D eigenvalue weighted by atomic mass is 35.5. The summed E-state index contributed by atoms with van der Waals surface area (Å²) in [5.74, 6) is 0.0383. The molecule has 0 unspecified atom stereocenters. The Labute approximate surface area is 229 Å². The van der Waals surface area contributed by atoms with Gasteiger partial charge in [0.1, 0.15) is 17.4 Å². The Hall–Kier alpha value is -3.30. The molecule has 204 valence electrons. The first-order chi connectivity index (χ1) is 18.8. The number of benzene rings is 2. The second kappa shape index (κ2) is 10.0. The summed E-state index contributed by atoms with van der Waals surface area (Å²) in [6, 6.07) is 9.48. The number of aromatic nitrogens is 3. The quantitative estimate of drug-likeness (QED) is 0.264. The minimum atomic E-state index is -1.70. The number of ether oxygens (including phenoxy) is 1. The van der Waals surface area contributed by atoms with E-state index in [9.17, 15) is 9.18 Å². The molecule has 39 heavy (non-hydrogen) atoms. The highest BCUT2D eigenvalue weighted by Crippen LogP contribution is 2.43. The fourth-order valence-electron chi connectivity index (χ4n) is 6.20. The molecule has 2 aromatic heterocycles. The van der Waals surface area contributed by atoms with Crippen LogP contribution in [0.3, 0.4) is 0 Å². The third-order valence-corrected chi connectivity index (χ3v) is 8.40. The van der Waals surface area contributed by atoms with E-state index < -0.39 is 23.9 Å². The van der Waals surface area contributed by atoms with E-state index in [1.165, 1.54) is 23.1 Å². The molecule has 1 aliphatic carbocycles. The van der Waals surface area contributed by atoms with Gasteiger partial charge >= 0.3 is 0 Å². The molecule has 7 nitrogen and oxygen atoms in total. The molecule has 1 saturated carbocycles. The minimum Gasteiger partial charge on any atom is -0.381 e. The largest absolute Gasteiger partial charge is 0.381 e. The highest BCUT2D eigenvalue weighted by molar-refractivity contribution is 6.31. The number of nitrogens with zero attached hydrogens (tertiary/aromatic N) is 4. The molecule has 2 aromatic carbocycles. The summed E-state index contributed by atoms with van der Waals surface area (Å²) in [5, 5.41) is 3.96. The molecule has 0 radical (unpaired) electrons. The summed E-state index contributed by atoms with van der Waals surface area (Å²) in [4.78, 5) is 19.5. The van der Waals surface area contributed by atoms with Crippen LogP contribution in [0.25, 0.3) is 22.2 Å². The second-order valence-corrected chi connectivity index (χ2v) is 10.8. The smallest absolute Gasteiger partial charge is 0.262 e. The Balaban J connectivity index is 1.50. The van der Waals surface area contributed by atoms with E-state index in [2.05, 4.69) is 9.72 Å². The third kappa shape index (κ3) is 4.41. The molecule has 2 aliphatic rings. The molecule has 0 N–H and O–H groups in total. The molecule has 4 aromatic rings. The zero-order valence-electron chi connectivity index (χ0n) is 22.0. The monoisotopic (exact) mass is 554 g/mol. The van der Waals surface area contributed by atoms with Gasteiger partial charge in [0.15, 0.2) is 6.17 Å². The van der Waals surface area contributed by atoms with Crippen molar-refractivity contribution < 1.29 is 22.8 Å². The van der Waals surface area contributed by atoms with Crippen LogP contribution in [0.5, 0.6) is 0 Å². The average molecular weight is 555 g/mol. The van der Waals surface area contributed by atoms with Gasteiger partial charge in [-0.2, -0.15) is 0 Å². The van der Waals surface area contributed by atoms with Crippen molar-refractivity contribution in [2.45, 2.75) is 70.3 Å². The summed E-state index contributed by atoms with van der Waals surface area (Å²) in [5.41, 5.74) is 4.61. The van der Waals surface area contributed by atoms with E-state index in [-0.39, 0.29) is 23.6 Å². The van der Waals surface area contributed by atoms with E-state index in [1.54, 1.807) is 7.11 Å². The first-order valence-electron chi connectivity index (χ1n) is 13.2. The maximum atomic E-state index is 15.1. The Morgan fingerprint density at radius 1 is 1.10 bits per heavy atom. The lowest BCUT2D eigenvalue weighted by atomic mass is 9.92. The van der Waals surface area contributed by atoms with E-state index in [4.69, 9.17) is 25.8 Å². The molecule has 0 bridgehead atoms. The molecule has 1 amide bonds. The van der Waals surface area contributed by atoms with Crippen LogP contribution in [0.15, 0.2) is 40.9 Å². The van der Waals surface area contributed by atoms with Crippen molar-refractivity contribution in [3.8, 4) is 11.1 Å². The van der Waals surface area contributed by atoms with Gasteiger partial charge in [-0.15, -0.1) is 0 Å². The molecule has 3 heterocycles. The zero-order valence-corrected chi connectivity index (χ0v) is 22.7. The average Bonchev–Trinajstić information content (AvgIpc) is 3.57. The molecular formula is C29H29ClF2N4O3. The maximum absolute atomic E-state index is 15.1. The van der Waals surface area contributed by atoms with E-state index in [0.717, 1.165) is 53.5 Å². The Bertz CT molecular complexity index is 1540. The van der Waals surface area contributed by atoms with Crippen molar-refractivity contribution in [3.63, 3.8) is 0 Å². The van der Waals surface area contributed by atoms with Gasteiger partial charge in [0.2, 0.25) is 0 Å². The number of imidazole rings is 1. The fraction of sp³-hybridized carbons (Fsp3) is 0.414. The molecule has 0 spiro atoms. The topological polar surface area (TPSA) is 73.4 Å². The SMILES string of the molecule is COC1CCC(n2c([C@@H]3C[C@H](F)C(=O)N3c3ccc(F)c(Cl)c3)nc3cc(-c4c(C)noc4C)ccc32)CC1. The number of carbonyl (C=O) groups excluding carboxylic acids is 1. The van der Waals surface area contributed by atoms with Crippen molar-refractivity contribution in [3.05, 3.63) is 64.5 Å².